The van der Waals surface area contributed by atoms with Crippen molar-refractivity contribution >= 4 is 11.8 Å². The van der Waals surface area contributed by atoms with Gasteiger partial charge in [-0.2, -0.15) is 10.2 Å². The second kappa shape index (κ2) is 7.33. The van der Waals surface area contributed by atoms with Crippen LogP contribution in [0.15, 0.2) is 30.4 Å². The molecular formula is C17H19N5O2. The van der Waals surface area contributed by atoms with Gasteiger partial charge in [-0.3, -0.25) is 0 Å². The standard InChI is InChI=1S/C17H19N5O2/c1-4-23-14-7-11(5-6-13(14)24-9-10(2)3)15-12(8-18)16(19)22-17(20)21-15/h5-7H,2,4,9H2,1,3H3,(H4,19,20,21,22). The molecule has 1 heterocycles. The molecular weight excluding hydrogens is 306 g/mol. The minimum Gasteiger partial charge on any atom is -0.490 e. The minimum absolute atomic E-state index is 0.00192. The highest BCUT2D eigenvalue weighted by Gasteiger charge is 2.15. The van der Waals surface area contributed by atoms with E-state index in [1.807, 2.05) is 19.9 Å². The third kappa shape index (κ3) is 3.73. The largest absolute Gasteiger partial charge is 0.490 e. The summed E-state index contributed by atoms with van der Waals surface area (Å²) in [5.74, 6) is 1.16. The zero-order valence-electron chi connectivity index (χ0n) is 13.7. The van der Waals surface area contributed by atoms with Gasteiger partial charge in [-0.1, -0.05) is 6.58 Å². The fourth-order valence-corrected chi connectivity index (χ4v) is 2.06. The SMILES string of the molecule is C=C(C)COc1ccc(-c2nc(N)nc(N)c2C#N)cc1OCC. The van der Waals surface area contributed by atoms with E-state index < -0.39 is 0 Å². The minimum atomic E-state index is 0.00192. The van der Waals surface area contributed by atoms with E-state index >= 15 is 0 Å². The highest BCUT2D eigenvalue weighted by molar-refractivity contribution is 5.74. The van der Waals surface area contributed by atoms with Crippen molar-refractivity contribution in [3.05, 3.63) is 35.9 Å². The second-order valence-corrected chi connectivity index (χ2v) is 5.14. The number of benzene rings is 1. The van der Waals surface area contributed by atoms with Gasteiger partial charge in [-0.05, 0) is 37.6 Å². The van der Waals surface area contributed by atoms with Gasteiger partial charge >= 0.3 is 0 Å². The Morgan fingerprint density at radius 1 is 1.25 bits per heavy atom. The molecule has 0 unspecified atom stereocenters. The van der Waals surface area contributed by atoms with Gasteiger partial charge in [0, 0.05) is 5.56 Å². The van der Waals surface area contributed by atoms with Crippen molar-refractivity contribution in [2.45, 2.75) is 13.8 Å². The number of nitrogens with zero attached hydrogens (tertiary/aromatic N) is 3. The summed E-state index contributed by atoms with van der Waals surface area (Å²) in [6, 6.07) is 7.25. The number of anilines is 2. The predicted octanol–water partition coefficient (Wildman–Crippen LogP) is 2.53. The van der Waals surface area contributed by atoms with Gasteiger partial charge in [0.25, 0.3) is 0 Å². The molecule has 0 fully saturated rings. The zero-order chi connectivity index (χ0) is 17.7. The molecule has 4 N–H and O–H groups in total. The highest BCUT2D eigenvalue weighted by Crippen LogP contribution is 2.34. The van der Waals surface area contributed by atoms with Crippen LogP contribution in [-0.2, 0) is 0 Å². The van der Waals surface area contributed by atoms with Crippen LogP contribution in [-0.4, -0.2) is 23.2 Å². The first kappa shape index (κ1) is 17.1. The van der Waals surface area contributed by atoms with Crippen molar-refractivity contribution in [1.29, 1.82) is 5.26 Å². The van der Waals surface area contributed by atoms with Gasteiger partial charge in [0.2, 0.25) is 5.95 Å². The van der Waals surface area contributed by atoms with Gasteiger partial charge in [0.15, 0.2) is 11.5 Å². The Morgan fingerprint density at radius 2 is 2.00 bits per heavy atom. The third-order valence-electron chi connectivity index (χ3n) is 3.06. The molecule has 2 rings (SSSR count). The maximum absolute atomic E-state index is 9.31. The number of hydrogen-bond donors (Lipinski definition) is 2. The topological polar surface area (TPSA) is 120 Å². The quantitative estimate of drug-likeness (QED) is 0.783. The smallest absolute Gasteiger partial charge is 0.222 e. The number of nitrogen functional groups attached to an aromatic ring is 2. The van der Waals surface area contributed by atoms with Crippen LogP contribution in [0.4, 0.5) is 11.8 Å². The average Bonchev–Trinajstić information content (AvgIpc) is 2.53. The zero-order valence-corrected chi connectivity index (χ0v) is 13.7. The number of hydrogen-bond acceptors (Lipinski definition) is 7. The maximum atomic E-state index is 9.31. The molecule has 0 amide bonds. The average molecular weight is 325 g/mol. The van der Waals surface area contributed by atoms with Crippen LogP contribution >= 0.6 is 0 Å². The Hall–Kier alpha value is -3.27. The van der Waals surface area contributed by atoms with Crippen molar-refractivity contribution in [2.75, 3.05) is 24.7 Å². The molecule has 0 aliphatic heterocycles. The second-order valence-electron chi connectivity index (χ2n) is 5.14. The molecule has 0 saturated heterocycles. The van der Waals surface area contributed by atoms with Gasteiger partial charge < -0.3 is 20.9 Å². The van der Waals surface area contributed by atoms with Crippen LogP contribution in [0.2, 0.25) is 0 Å². The van der Waals surface area contributed by atoms with E-state index in [0.29, 0.717) is 36.0 Å². The lowest BCUT2D eigenvalue weighted by molar-refractivity contribution is 0.293. The van der Waals surface area contributed by atoms with Crippen LogP contribution in [0, 0.1) is 11.3 Å². The molecule has 0 aliphatic carbocycles. The van der Waals surface area contributed by atoms with Crippen LogP contribution < -0.4 is 20.9 Å². The van der Waals surface area contributed by atoms with Gasteiger partial charge in [-0.25, -0.2) is 4.98 Å². The summed E-state index contributed by atoms with van der Waals surface area (Å²) >= 11 is 0. The summed E-state index contributed by atoms with van der Waals surface area (Å²) in [5.41, 5.74) is 13.5. The lowest BCUT2D eigenvalue weighted by atomic mass is 10.1. The fourth-order valence-electron chi connectivity index (χ4n) is 2.06. The first-order valence-corrected chi connectivity index (χ1v) is 7.33. The molecule has 0 radical (unpaired) electrons. The van der Waals surface area contributed by atoms with Crippen molar-refractivity contribution in [1.82, 2.24) is 9.97 Å². The van der Waals surface area contributed by atoms with Gasteiger partial charge in [0.05, 0.1) is 12.3 Å². The van der Waals surface area contributed by atoms with Crippen molar-refractivity contribution in [2.24, 2.45) is 0 Å². The third-order valence-corrected chi connectivity index (χ3v) is 3.06. The Morgan fingerprint density at radius 3 is 2.62 bits per heavy atom. The Kier molecular flexibility index (Phi) is 5.22. The van der Waals surface area contributed by atoms with E-state index in [9.17, 15) is 5.26 Å². The van der Waals surface area contributed by atoms with Gasteiger partial charge in [0.1, 0.15) is 24.1 Å². The summed E-state index contributed by atoms with van der Waals surface area (Å²) in [4.78, 5) is 7.95. The van der Waals surface area contributed by atoms with Crippen LogP contribution in [0.3, 0.4) is 0 Å². The Bertz CT molecular complexity index is 811. The van der Waals surface area contributed by atoms with E-state index in [1.165, 1.54) is 0 Å². The Labute approximate surface area is 140 Å². The van der Waals surface area contributed by atoms with E-state index in [1.54, 1.807) is 18.2 Å². The first-order valence-electron chi connectivity index (χ1n) is 7.33. The lowest BCUT2D eigenvalue weighted by Gasteiger charge is -2.14. The van der Waals surface area contributed by atoms with E-state index in [0.717, 1.165) is 5.57 Å². The number of aromatic nitrogens is 2. The molecule has 2 aromatic rings. The van der Waals surface area contributed by atoms with E-state index in [2.05, 4.69) is 16.5 Å². The van der Waals surface area contributed by atoms with Gasteiger partial charge in [-0.15, -0.1) is 0 Å². The molecule has 7 heteroatoms. The molecule has 0 atom stereocenters. The highest BCUT2D eigenvalue weighted by atomic mass is 16.5. The summed E-state index contributed by atoms with van der Waals surface area (Å²) in [6.45, 7) is 8.40. The summed E-state index contributed by atoms with van der Waals surface area (Å²) in [7, 11) is 0. The molecule has 7 nitrogen and oxygen atoms in total. The molecule has 0 aliphatic rings. The molecule has 0 spiro atoms. The van der Waals surface area contributed by atoms with Crippen molar-refractivity contribution in [3.8, 4) is 28.8 Å². The molecule has 1 aromatic carbocycles. The predicted molar refractivity (Wildman–Crippen MR) is 92.5 cm³/mol. The Balaban J connectivity index is 2.51. The summed E-state index contributed by atoms with van der Waals surface area (Å²) in [6.07, 6.45) is 0. The lowest BCUT2D eigenvalue weighted by Crippen LogP contribution is -2.05. The summed E-state index contributed by atoms with van der Waals surface area (Å²) < 4.78 is 11.3. The van der Waals surface area contributed by atoms with Crippen molar-refractivity contribution < 1.29 is 9.47 Å². The normalized spacial score (nSPS) is 10.0. The van der Waals surface area contributed by atoms with Crippen LogP contribution in [0.1, 0.15) is 19.4 Å². The summed E-state index contributed by atoms with van der Waals surface area (Å²) in [5, 5.41) is 9.31. The van der Waals surface area contributed by atoms with E-state index in [-0.39, 0.29) is 17.3 Å². The number of nitriles is 1. The molecule has 0 saturated carbocycles. The molecule has 1 aromatic heterocycles. The first-order chi connectivity index (χ1) is 11.5. The molecule has 0 bridgehead atoms. The number of rotatable bonds is 6. The van der Waals surface area contributed by atoms with Crippen molar-refractivity contribution in [3.63, 3.8) is 0 Å². The fraction of sp³-hybridized carbons (Fsp3) is 0.235. The number of ether oxygens (including phenoxy) is 2. The van der Waals surface area contributed by atoms with Crippen LogP contribution in [0.5, 0.6) is 11.5 Å². The van der Waals surface area contributed by atoms with E-state index in [4.69, 9.17) is 20.9 Å². The molecule has 124 valence electrons. The monoisotopic (exact) mass is 325 g/mol. The maximum Gasteiger partial charge on any atom is 0.222 e. The number of nitrogens with two attached hydrogens (primary N) is 2. The van der Waals surface area contributed by atoms with Crippen LogP contribution in [0.25, 0.3) is 11.3 Å². The molecule has 24 heavy (non-hydrogen) atoms.